The first-order chi connectivity index (χ1) is 9.22. The van der Waals surface area contributed by atoms with Crippen LogP contribution in [-0.2, 0) is 0 Å². The summed E-state index contributed by atoms with van der Waals surface area (Å²) in [5.41, 5.74) is 1.23. The summed E-state index contributed by atoms with van der Waals surface area (Å²) in [5.74, 6) is 0. The Labute approximate surface area is 112 Å². The Balaban J connectivity index is 2.00. The Morgan fingerprint density at radius 3 is 2.63 bits per heavy atom. The van der Waals surface area contributed by atoms with Crippen molar-refractivity contribution in [3.63, 3.8) is 0 Å². The van der Waals surface area contributed by atoms with Crippen molar-refractivity contribution in [2.24, 2.45) is 0 Å². The van der Waals surface area contributed by atoms with E-state index in [1.54, 1.807) is 19.2 Å². The molecule has 2 N–H and O–H groups in total. The van der Waals surface area contributed by atoms with Gasteiger partial charge in [-0.1, -0.05) is 6.07 Å². The summed E-state index contributed by atoms with van der Waals surface area (Å²) in [5, 5.41) is 17.2. The van der Waals surface area contributed by atoms with Crippen LogP contribution in [0.2, 0.25) is 0 Å². The smallest absolute Gasteiger partial charge is 0.315 e. The van der Waals surface area contributed by atoms with Crippen LogP contribution in [0.4, 0.5) is 17.1 Å². The summed E-state index contributed by atoms with van der Waals surface area (Å²) < 4.78 is 0. The number of hydrogen-bond acceptors (Lipinski definition) is 5. The van der Waals surface area contributed by atoms with E-state index >= 15 is 0 Å². The highest BCUT2D eigenvalue weighted by Crippen LogP contribution is 2.32. The van der Waals surface area contributed by atoms with Gasteiger partial charge in [-0.15, -0.1) is 0 Å². The summed E-state index contributed by atoms with van der Waals surface area (Å²) in [6.07, 6.45) is 2.52. The molecule has 19 heavy (non-hydrogen) atoms. The normalized spacial score (nSPS) is 15.4. The van der Waals surface area contributed by atoms with Gasteiger partial charge < -0.3 is 15.5 Å². The van der Waals surface area contributed by atoms with Crippen LogP contribution in [0.25, 0.3) is 0 Å². The van der Waals surface area contributed by atoms with Gasteiger partial charge >= 0.3 is 5.69 Å². The molecule has 6 heteroatoms. The third-order valence-corrected chi connectivity index (χ3v) is 3.43. The maximum atomic E-state index is 11.1. The van der Waals surface area contributed by atoms with Crippen LogP contribution in [0.5, 0.6) is 0 Å². The minimum atomic E-state index is -0.343. The molecule has 1 fully saturated rings. The molecule has 0 aromatic heterocycles. The van der Waals surface area contributed by atoms with Crippen molar-refractivity contribution in [1.29, 1.82) is 0 Å². The maximum Gasteiger partial charge on any atom is 0.315 e. The fourth-order valence-corrected chi connectivity index (χ4v) is 2.44. The minimum absolute atomic E-state index is 0.117. The molecule has 6 nitrogen and oxygen atoms in total. The van der Waals surface area contributed by atoms with E-state index in [0.29, 0.717) is 11.4 Å². The zero-order valence-electron chi connectivity index (χ0n) is 11.2. The first-order valence-electron chi connectivity index (χ1n) is 6.64. The van der Waals surface area contributed by atoms with Crippen LogP contribution in [0, 0.1) is 10.1 Å². The number of nitrogens with one attached hydrogen (secondary N) is 2. The number of anilines is 2. The first kappa shape index (κ1) is 13.6. The molecule has 1 aliphatic heterocycles. The van der Waals surface area contributed by atoms with Crippen LogP contribution < -0.4 is 10.6 Å². The summed E-state index contributed by atoms with van der Waals surface area (Å²) >= 11 is 0. The highest BCUT2D eigenvalue weighted by Gasteiger charge is 2.18. The molecule has 1 aliphatic rings. The quantitative estimate of drug-likeness (QED) is 0.608. The van der Waals surface area contributed by atoms with E-state index in [1.807, 2.05) is 6.07 Å². The molecule has 0 amide bonds. The molecule has 0 aliphatic carbocycles. The Kier molecular flexibility index (Phi) is 4.57. The minimum Gasteiger partial charge on any atom is -0.382 e. The third-order valence-electron chi connectivity index (χ3n) is 3.43. The Morgan fingerprint density at radius 2 is 2.00 bits per heavy atom. The molecule has 1 aromatic carbocycles. The van der Waals surface area contributed by atoms with Crippen molar-refractivity contribution in [3.8, 4) is 0 Å². The number of benzene rings is 1. The second-order valence-electron chi connectivity index (χ2n) is 4.68. The van der Waals surface area contributed by atoms with Crippen LogP contribution >= 0.6 is 0 Å². The van der Waals surface area contributed by atoms with Gasteiger partial charge in [0.2, 0.25) is 0 Å². The van der Waals surface area contributed by atoms with Gasteiger partial charge in [-0.05, 0) is 38.1 Å². The number of para-hydroxylation sites is 1. The Bertz CT molecular complexity index is 444. The lowest BCUT2D eigenvalue weighted by Gasteiger charge is -2.15. The van der Waals surface area contributed by atoms with Crippen LogP contribution in [0.15, 0.2) is 18.2 Å². The fraction of sp³-hybridized carbons (Fsp3) is 0.538. The van der Waals surface area contributed by atoms with Crippen LogP contribution in [0.3, 0.4) is 0 Å². The van der Waals surface area contributed by atoms with Gasteiger partial charge in [-0.3, -0.25) is 10.1 Å². The molecule has 0 unspecified atom stereocenters. The maximum absolute atomic E-state index is 11.1. The monoisotopic (exact) mass is 264 g/mol. The van der Waals surface area contributed by atoms with Crippen LogP contribution in [-0.4, -0.2) is 43.0 Å². The molecule has 1 aromatic rings. The first-order valence-corrected chi connectivity index (χ1v) is 6.64. The molecule has 2 rings (SSSR count). The van der Waals surface area contributed by atoms with Gasteiger partial charge in [0, 0.05) is 20.1 Å². The zero-order valence-corrected chi connectivity index (χ0v) is 11.2. The fourth-order valence-electron chi connectivity index (χ4n) is 2.44. The van der Waals surface area contributed by atoms with Gasteiger partial charge in [-0.2, -0.15) is 0 Å². The average Bonchev–Trinajstić information content (AvgIpc) is 2.91. The highest BCUT2D eigenvalue weighted by molar-refractivity contribution is 5.75. The van der Waals surface area contributed by atoms with E-state index in [4.69, 9.17) is 0 Å². The summed E-state index contributed by atoms with van der Waals surface area (Å²) in [4.78, 5) is 13.2. The highest BCUT2D eigenvalue weighted by atomic mass is 16.6. The van der Waals surface area contributed by atoms with Gasteiger partial charge in [0.25, 0.3) is 0 Å². The number of nitro benzene ring substituents is 1. The van der Waals surface area contributed by atoms with E-state index in [9.17, 15) is 10.1 Å². The molecule has 0 saturated carbocycles. The predicted molar refractivity (Wildman–Crippen MR) is 76.8 cm³/mol. The topological polar surface area (TPSA) is 70.4 Å². The Hall–Kier alpha value is -1.82. The second kappa shape index (κ2) is 6.38. The van der Waals surface area contributed by atoms with E-state index in [0.717, 1.165) is 26.2 Å². The van der Waals surface area contributed by atoms with Crippen molar-refractivity contribution in [2.45, 2.75) is 12.8 Å². The molecule has 1 saturated heterocycles. The molecule has 1 heterocycles. The molecular weight excluding hydrogens is 244 g/mol. The van der Waals surface area contributed by atoms with Gasteiger partial charge in [-0.25, -0.2) is 0 Å². The molecule has 0 bridgehead atoms. The molecule has 104 valence electrons. The van der Waals surface area contributed by atoms with Gasteiger partial charge in [0.05, 0.1) is 4.92 Å². The van der Waals surface area contributed by atoms with Crippen LogP contribution in [0.1, 0.15) is 12.8 Å². The van der Waals surface area contributed by atoms with E-state index in [1.165, 1.54) is 12.8 Å². The summed E-state index contributed by atoms with van der Waals surface area (Å²) in [6, 6.07) is 5.28. The lowest BCUT2D eigenvalue weighted by molar-refractivity contribution is -0.383. The summed E-state index contributed by atoms with van der Waals surface area (Å²) in [6.45, 7) is 3.94. The molecule has 0 spiro atoms. The van der Waals surface area contributed by atoms with E-state index in [2.05, 4.69) is 15.5 Å². The number of nitrogens with zero attached hydrogens (tertiary/aromatic N) is 2. The van der Waals surface area contributed by atoms with E-state index in [-0.39, 0.29) is 10.6 Å². The molecule has 0 radical (unpaired) electrons. The van der Waals surface area contributed by atoms with Crippen molar-refractivity contribution in [1.82, 2.24) is 4.90 Å². The Morgan fingerprint density at radius 1 is 1.32 bits per heavy atom. The standard InChI is InChI=1S/C13H20N4O2/c1-14-11-5-4-6-12(13(11)17(18)19)15-7-10-16-8-2-3-9-16/h4-6,14-15H,2-3,7-10H2,1H3. The molecular formula is C13H20N4O2. The SMILES string of the molecule is CNc1cccc(NCCN2CCCC2)c1[N+](=O)[O-]. The third kappa shape index (κ3) is 3.35. The summed E-state index contributed by atoms with van der Waals surface area (Å²) in [7, 11) is 1.69. The van der Waals surface area contributed by atoms with Gasteiger partial charge in [0.15, 0.2) is 0 Å². The number of rotatable bonds is 6. The van der Waals surface area contributed by atoms with Crippen molar-refractivity contribution in [2.75, 3.05) is 43.9 Å². The number of hydrogen-bond donors (Lipinski definition) is 2. The van der Waals surface area contributed by atoms with Crippen molar-refractivity contribution in [3.05, 3.63) is 28.3 Å². The average molecular weight is 264 g/mol. The number of likely N-dealkylation sites (tertiary alicyclic amines) is 1. The largest absolute Gasteiger partial charge is 0.382 e. The predicted octanol–water partition coefficient (Wildman–Crippen LogP) is 2.14. The van der Waals surface area contributed by atoms with E-state index < -0.39 is 0 Å². The van der Waals surface area contributed by atoms with Crippen molar-refractivity contribution < 1.29 is 4.92 Å². The zero-order chi connectivity index (χ0) is 13.7. The van der Waals surface area contributed by atoms with Gasteiger partial charge in [0.1, 0.15) is 11.4 Å². The second-order valence-corrected chi connectivity index (χ2v) is 4.68. The number of nitro groups is 1. The lowest BCUT2D eigenvalue weighted by Crippen LogP contribution is -2.26. The lowest BCUT2D eigenvalue weighted by atomic mass is 10.2. The molecule has 0 atom stereocenters. The van der Waals surface area contributed by atoms with Crippen molar-refractivity contribution >= 4 is 17.1 Å².